The standard InChI is InChI=1S/C14H24N2/c1-13-3-5-14(6-4-13)7-8-16-11-9-15(2)10-12-16/h3,5-6,13H,4,7-12H2,1-2H3. The molecule has 0 N–H and O–H groups in total. The van der Waals surface area contributed by atoms with E-state index in [1.165, 1.54) is 51.1 Å². The Kier molecular flexibility index (Phi) is 4.19. The van der Waals surface area contributed by atoms with Crippen LogP contribution in [0.2, 0.25) is 0 Å². The van der Waals surface area contributed by atoms with Gasteiger partial charge in [-0.25, -0.2) is 0 Å². The number of rotatable bonds is 3. The first-order valence-electron chi connectivity index (χ1n) is 6.52. The average molecular weight is 220 g/mol. The summed E-state index contributed by atoms with van der Waals surface area (Å²) in [6.07, 6.45) is 9.55. The molecular formula is C14H24N2. The van der Waals surface area contributed by atoms with Gasteiger partial charge in [0.1, 0.15) is 0 Å². The first-order chi connectivity index (χ1) is 7.74. The van der Waals surface area contributed by atoms with Crippen LogP contribution in [0.15, 0.2) is 23.8 Å². The molecule has 0 bridgehead atoms. The van der Waals surface area contributed by atoms with E-state index < -0.39 is 0 Å². The van der Waals surface area contributed by atoms with Crippen LogP contribution in [0.25, 0.3) is 0 Å². The van der Waals surface area contributed by atoms with E-state index in [1.807, 2.05) is 0 Å². The van der Waals surface area contributed by atoms with Gasteiger partial charge in [-0.2, -0.15) is 0 Å². The SMILES string of the molecule is CC1C=CC(CCN2CCN(C)CC2)=CC1. The second-order valence-electron chi connectivity index (χ2n) is 5.25. The third-order valence-corrected chi connectivity index (χ3v) is 3.70. The van der Waals surface area contributed by atoms with Crippen LogP contribution in [0.1, 0.15) is 19.8 Å². The molecule has 0 amide bonds. The van der Waals surface area contributed by atoms with Crippen molar-refractivity contribution < 1.29 is 0 Å². The molecule has 0 spiro atoms. The van der Waals surface area contributed by atoms with Crippen LogP contribution in [0.5, 0.6) is 0 Å². The van der Waals surface area contributed by atoms with Gasteiger partial charge in [-0.3, -0.25) is 0 Å². The van der Waals surface area contributed by atoms with E-state index in [0.717, 1.165) is 5.92 Å². The molecule has 2 nitrogen and oxygen atoms in total. The Balaban J connectivity index is 1.70. The van der Waals surface area contributed by atoms with Gasteiger partial charge in [0.15, 0.2) is 0 Å². The number of hydrogen-bond donors (Lipinski definition) is 0. The van der Waals surface area contributed by atoms with Crippen molar-refractivity contribution in [3.63, 3.8) is 0 Å². The van der Waals surface area contributed by atoms with E-state index in [0.29, 0.717) is 0 Å². The van der Waals surface area contributed by atoms with Crippen LogP contribution in [-0.2, 0) is 0 Å². The molecule has 1 atom stereocenters. The summed E-state index contributed by atoms with van der Waals surface area (Å²) in [7, 11) is 2.21. The number of piperazine rings is 1. The predicted octanol–water partition coefficient (Wildman–Crippen LogP) is 2.15. The molecule has 0 aromatic rings. The Hall–Kier alpha value is -0.600. The Morgan fingerprint density at radius 2 is 2.00 bits per heavy atom. The van der Waals surface area contributed by atoms with Crippen molar-refractivity contribution >= 4 is 0 Å². The van der Waals surface area contributed by atoms with Crippen LogP contribution in [0.3, 0.4) is 0 Å². The van der Waals surface area contributed by atoms with Gasteiger partial charge in [-0.1, -0.05) is 30.7 Å². The Labute approximate surface area is 99.6 Å². The fourth-order valence-electron chi connectivity index (χ4n) is 2.32. The van der Waals surface area contributed by atoms with Gasteiger partial charge in [0.25, 0.3) is 0 Å². The highest BCUT2D eigenvalue weighted by atomic mass is 15.2. The van der Waals surface area contributed by atoms with Gasteiger partial charge in [0.05, 0.1) is 0 Å². The fraction of sp³-hybridized carbons (Fsp3) is 0.714. The van der Waals surface area contributed by atoms with E-state index in [2.05, 4.69) is 42.0 Å². The molecule has 0 radical (unpaired) electrons. The number of nitrogens with zero attached hydrogens (tertiary/aromatic N) is 2. The van der Waals surface area contributed by atoms with Crippen molar-refractivity contribution in [3.05, 3.63) is 23.8 Å². The highest BCUT2D eigenvalue weighted by Crippen LogP contribution is 2.18. The van der Waals surface area contributed by atoms with Crippen molar-refractivity contribution in [2.75, 3.05) is 39.8 Å². The van der Waals surface area contributed by atoms with E-state index in [4.69, 9.17) is 0 Å². The zero-order chi connectivity index (χ0) is 11.4. The van der Waals surface area contributed by atoms with Gasteiger partial charge in [-0.15, -0.1) is 0 Å². The lowest BCUT2D eigenvalue weighted by atomic mass is 9.97. The Bertz CT molecular complexity index is 272. The summed E-state index contributed by atoms with van der Waals surface area (Å²) < 4.78 is 0. The molecule has 1 aliphatic heterocycles. The van der Waals surface area contributed by atoms with Crippen LogP contribution < -0.4 is 0 Å². The zero-order valence-electron chi connectivity index (χ0n) is 10.7. The van der Waals surface area contributed by atoms with Gasteiger partial charge in [0.2, 0.25) is 0 Å². The average Bonchev–Trinajstić information content (AvgIpc) is 2.30. The molecule has 2 aliphatic rings. The lowest BCUT2D eigenvalue weighted by Gasteiger charge is -2.32. The molecule has 1 heterocycles. The third-order valence-electron chi connectivity index (χ3n) is 3.70. The molecule has 1 aliphatic carbocycles. The van der Waals surface area contributed by atoms with Gasteiger partial charge in [0, 0.05) is 32.7 Å². The maximum Gasteiger partial charge on any atom is 0.0110 e. The van der Waals surface area contributed by atoms with Crippen LogP contribution in [0, 0.1) is 5.92 Å². The van der Waals surface area contributed by atoms with Crippen molar-refractivity contribution in [1.82, 2.24) is 9.80 Å². The van der Waals surface area contributed by atoms with Crippen LogP contribution in [0.4, 0.5) is 0 Å². The van der Waals surface area contributed by atoms with Crippen molar-refractivity contribution in [1.29, 1.82) is 0 Å². The van der Waals surface area contributed by atoms with Crippen molar-refractivity contribution in [3.8, 4) is 0 Å². The first kappa shape index (κ1) is 11.9. The first-order valence-corrected chi connectivity index (χ1v) is 6.52. The zero-order valence-corrected chi connectivity index (χ0v) is 10.7. The summed E-state index contributed by atoms with van der Waals surface area (Å²) in [6, 6.07) is 0. The summed E-state index contributed by atoms with van der Waals surface area (Å²) in [6.45, 7) is 8.45. The Morgan fingerprint density at radius 3 is 2.62 bits per heavy atom. The number of allylic oxidation sites excluding steroid dienone is 3. The predicted molar refractivity (Wildman–Crippen MR) is 69.6 cm³/mol. The van der Waals surface area contributed by atoms with E-state index in [-0.39, 0.29) is 0 Å². The lowest BCUT2D eigenvalue weighted by Crippen LogP contribution is -2.44. The van der Waals surface area contributed by atoms with E-state index in [9.17, 15) is 0 Å². The van der Waals surface area contributed by atoms with Crippen molar-refractivity contribution in [2.45, 2.75) is 19.8 Å². The Morgan fingerprint density at radius 1 is 1.25 bits per heavy atom. The largest absolute Gasteiger partial charge is 0.304 e. The summed E-state index contributed by atoms with van der Waals surface area (Å²) in [4.78, 5) is 5.00. The molecule has 16 heavy (non-hydrogen) atoms. The summed E-state index contributed by atoms with van der Waals surface area (Å²) in [5.74, 6) is 0.743. The molecule has 0 aromatic heterocycles. The quantitative estimate of drug-likeness (QED) is 0.719. The minimum Gasteiger partial charge on any atom is -0.304 e. The van der Waals surface area contributed by atoms with E-state index in [1.54, 1.807) is 0 Å². The monoisotopic (exact) mass is 220 g/mol. The molecule has 1 fully saturated rings. The summed E-state index contributed by atoms with van der Waals surface area (Å²) >= 11 is 0. The highest BCUT2D eigenvalue weighted by molar-refractivity contribution is 5.23. The highest BCUT2D eigenvalue weighted by Gasteiger charge is 2.13. The normalized spacial score (nSPS) is 28.1. The van der Waals surface area contributed by atoms with Gasteiger partial charge in [-0.05, 0) is 25.8 Å². The molecule has 0 saturated carbocycles. The number of likely N-dealkylation sites (N-methyl/N-ethyl adjacent to an activating group) is 1. The fourth-order valence-corrected chi connectivity index (χ4v) is 2.32. The maximum absolute atomic E-state index is 2.59. The molecule has 0 aromatic carbocycles. The topological polar surface area (TPSA) is 6.48 Å². The second-order valence-corrected chi connectivity index (χ2v) is 5.25. The second kappa shape index (κ2) is 5.65. The molecule has 2 heteroatoms. The smallest absolute Gasteiger partial charge is 0.0110 e. The molecule has 1 unspecified atom stereocenters. The lowest BCUT2D eigenvalue weighted by molar-refractivity contribution is 0.155. The number of hydrogen-bond acceptors (Lipinski definition) is 2. The minimum absolute atomic E-state index is 0.743. The van der Waals surface area contributed by atoms with Crippen LogP contribution >= 0.6 is 0 Å². The molecular weight excluding hydrogens is 196 g/mol. The maximum atomic E-state index is 2.59. The summed E-state index contributed by atoms with van der Waals surface area (Å²) in [5.41, 5.74) is 1.54. The van der Waals surface area contributed by atoms with Crippen molar-refractivity contribution in [2.24, 2.45) is 5.92 Å². The van der Waals surface area contributed by atoms with Gasteiger partial charge < -0.3 is 9.80 Å². The minimum atomic E-state index is 0.743. The van der Waals surface area contributed by atoms with Gasteiger partial charge >= 0.3 is 0 Å². The van der Waals surface area contributed by atoms with Crippen LogP contribution in [-0.4, -0.2) is 49.6 Å². The third kappa shape index (κ3) is 3.46. The molecule has 1 saturated heterocycles. The van der Waals surface area contributed by atoms with E-state index >= 15 is 0 Å². The molecule has 90 valence electrons. The molecule has 2 rings (SSSR count). The summed E-state index contributed by atoms with van der Waals surface area (Å²) in [5, 5.41) is 0.